The molecule has 9 nitrogen and oxygen atoms in total. The zero-order valence-corrected chi connectivity index (χ0v) is 22.1. The number of hydrogen-bond acceptors (Lipinski definition) is 6. The van der Waals surface area contributed by atoms with Crippen LogP contribution in [0.3, 0.4) is 0 Å². The summed E-state index contributed by atoms with van der Waals surface area (Å²) in [5, 5.41) is 6.29. The molecule has 0 unspecified atom stereocenters. The molecule has 1 aromatic heterocycles. The second-order valence-corrected chi connectivity index (χ2v) is 10.9. The number of carbonyl (C=O) groups is 3. The van der Waals surface area contributed by atoms with Gasteiger partial charge in [0.1, 0.15) is 0 Å². The van der Waals surface area contributed by atoms with Crippen molar-refractivity contribution in [3.8, 4) is 0 Å². The summed E-state index contributed by atoms with van der Waals surface area (Å²) in [6.45, 7) is 11.8. The number of aromatic nitrogens is 1. The Bertz CT molecular complexity index is 1110. The molecular formula is C28H38N6O3. The first-order valence-corrected chi connectivity index (χ1v) is 13.1. The standard InChI is InChI=1S/C28H38N6O3/c1-28(2,3)19-25(35)33-13-5-12-32(16-17-33)24-8-7-21(27(37)34-14-10-29-11-15-34)18-23(24)31-26(36)22-6-4-9-30-20-22/h4,6-9,18,20,29H,5,10-17,19H2,1-3H3,(H,31,36). The smallest absolute Gasteiger partial charge is 0.257 e. The van der Waals surface area contributed by atoms with Crippen molar-refractivity contribution in [3.05, 3.63) is 53.9 Å². The van der Waals surface area contributed by atoms with E-state index in [1.807, 2.05) is 21.9 Å². The Morgan fingerprint density at radius 2 is 1.73 bits per heavy atom. The van der Waals surface area contributed by atoms with Crippen LogP contribution in [0.4, 0.5) is 11.4 Å². The maximum atomic E-state index is 13.2. The largest absolute Gasteiger partial charge is 0.368 e. The van der Waals surface area contributed by atoms with Gasteiger partial charge in [0.05, 0.1) is 16.9 Å². The Kier molecular flexibility index (Phi) is 8.43. The number of nitrogens with zero attached hydrogens (tertiary/aromatic N) is 4. The SMILES string of the molecule is CC(C)(C)CC(=O)N1CCCN(c2ccc(C(=O)N3CCNCC3)cc2NC(=O)c2cccnc2)CC1. The van der Waals surface area contributed by atoms with E-state index >= 15 is 0 Å². The average molecular weight is 507 g/mol. The lowest BCUT2D eigenvalue weighted by molar-refractivity contribution is -0.132. The quantitative estimate of drug-likeness (QED) is 0.647. The molecule has 2 saturated heterocycles. The van der Waals surface area contributed by atoms with Crippen molar-refractivity contribution in [1.29, 1.82) is 0 Å². The Morgan fingerprint density at radius 3 is 2.43 bits per heavy atom. The van der Waals surface area contributed by atoms with Crippen molar-refractivity contribution < 1.29 is 14.4 Å². The lowest BCUT2D eigenvalue weighted by Crippen LogP contribution is -2.46. The Labute approximate surface area is 219 Å². The minimum atomic E-state index is -0.280. The Hall–Kier alpha value is -3.46. The van der Waals surface area contributed by atoms with Crippen molar-refractivity contribution in [1.82, 2.24) is 20.1 Å². The fraction of sp³-hybridized carbons (Fsp3) is 0.500. The second kappa shape index (κ2) is 11.7. The van der Waals surface area contributed by atoms with Crippen LogP contribution in [0.25, 0.3) is 0 Å². The number of carbonyl (C=O) groups excluding carboxylic acids is 3. The van der Waals surface area contributed by atoms with Gasteiger partial charge in [0, 0.05) is 76.7 Å². The average Bonchev–Trinajstić information content (AvgIpc) is 3.15. The molecule has 2 N–H and O–H groups in total. The van der Waals surface area contributed by atoms with E-state index in [4.69, 9.17) is 0 Å². The van der Waals surface area contributed by atoms with Crippen molar-refractivity contribution >= 4 is 29.1 Å². The molecule has 2 aliphatic rings. The number of piperazine rings is 1. The monoisotopic (exact) mass is 506 g/mol. The van der Waals surface area contributed by atoms with Crippen LogP contribution in [0.5, 0.6) is 0 Å². The van der Waals surface area contributed by atoms with Gasteiger partial charge in [-0.05, 0) is 42.2 Å². The van der Waals surface area contributed by atoms with Gasteiger partial charge < -0.3 is 25.3 Å². The third kappa shape index (κ3) is 7.07. The highest BCUT2D eigenvalue weighted by Crippen LogP contribution is 2.30. The number of amides is 3. The molecule has 0 radical (unpaired) electrons. The van der Waals surface area contributed by atoms with Gasteiger partial charge in [-0.3, -0.25) is 19.4 Å². The maximum Gasteiger partial charge on any atom is 0.257 e. The molecule has 198 valence electrons. The second-order valence-electron chi connectivity index (χ2n) is 10.9. The first kappa shape index (κ1) is 26.6. The molecule has 37 heavy (non-hydrogen) atoms. The van der Waals surface area contributed by atoms with Crippen LogP contribution < -0.4 is 15.5 Å². The highest BCUT2D eigenvalue weighted by Gasteiger charge is 2.26. The molecule has 2 aliphatic heterocycles. The van der Waals surface area contributed by atoms with Crippen molar-refractivity contribution in [2.75, 3.05) is 62.6 Å². The predicted octanol–water partition coefficient (Wildman–Crippen LogP) is 2.85. The van der Waals surface area contributed by atoms with Crippen LogP contribution in [0.1, 0.15) is 54.3 Å². The van der Waals surface area contributed by atoms with E-state index < -0.39 is 0 Å². The summed E-state index contributed by atoms with van der Waals surface area (Å²) in [6, 6.07) is 8.97. The van der Waals surface area contributed by atoms with E-state index in [0.29, 0.717) is 56.0 Å². The van der Waals surface area contributed by atoms with Crippen LogP contribution >= 0.6 is 0 Å². The summed E-state index contributed by atoms with van der Waals surface area (Å²) in [5.41, 5.74) is 2.37. The van der Waals surface area contributed by atoms with E-state index in [2.05, 4.69) is 41.3 Å². The van der Waals surface area contributed by atoms with E-state index in [1.54, 1.807) is 24.4 Å². The number of benzene rings is 1. The number of hydrogen-bond donors (Lipinski definition) is 2. The third-order valence-corrected chi connectivity index (χ3v) is 6.69. The Morgan fingerprint density at radius 1 is 0.946 bits per heavy atom. The molecule has 1 aromatic carbocycles. The zero-order valence-electron chi connectivity index (χ0n) is 22.1. The topological polar surface area (TPSA) is 97.9 Å². The van der Waals surface area contributed by atoms with Gasteiger partial charge >= 0.3 is 0 Å². The molecule has 9 heteroatoms. The van der Waals surface area contributed by atoms with Crippen molar-refractivity contribution in [2.24, 2.45) is 5.41 Å². The van der Waals surface area contributed by atoms with Gasteiger partial charge in [-0.25, -0.2) is 0 Å². The van der Waals surface area contributed by atoms with Crippen molar-refractivity contribution in [2.45, 2.75) is 33.6 Å². The number of anilines is 2. The molecule has 4 rings (SSSR count). The first-order valence-electron chi connectivity index (χ1n) is 13.1. The fourth-order valence-electron chi connectivity index (χ4n) is 4.76. The van der Waals surface area contributed by atoms with Crippen LogP contribution in [0.15, 0.2) is 42.7 Å². The minimum Gasteiger partial charge on any atom is -0.368 e. The summed E-state index contributed by atoms with van der Waals surface area (Å²) in [4.78, 5) is 49.1. The number of rotatable bonds is 5. The third-order valence-electron chi connectivity index (χ3n) is 6.69. The van der Waals surface area contributed by atoms with Gasteiger partial charge in [-0.15, -0.1) is 0 Å². The molecule has 2 aromatic rings. The van der Waals surface area contributed by atoms with Crippen LogP contribution in [0, 0.1) is 5.41 Å². The van der Waals surface area contributed by atoms with Crippen LogP contribution in [0.2, 0.25) is 0 Å². The summed E-state index contributed by atoms with van der Waals surface area (Å²) in [7, 11) is 0. The molecule has 0 saturated carbocycles. The first-order chi connectivity index (χ1) is 17.7. The summed E-state index contributed by atoms with van der Waals surface area (Å²) >= 11 is 0. The zero-order chi connectivity index (χ0) is 26.4. The highest BCUT2D eigenvalue weighted by atomic mass is 16.2. The fourth-order valence-corrected chi connectivity index (χ4v) is 4.76. The van der Waals surface area contributed by atoms with Crippen molar-refractivity contribution in [3.63, 3.8) is 0 Å². The minimum absolute atomic E-state index is 0.0419. The maximum absolute atomic E-state index is 13.2. The van der Waals surface area contributed by atoms with Gasteiger partial charge in [0.2, 0.25) is 5.91 Å². The molecule has 3 heterocycles. The molecule has 0 atom stereocenters. The molecular weight excluding hydrogens is 468 g/mol. The Balaban J connectivity index is 1.57. The summed E-state index contributed by atoms with van der Waals surface area (Å²) in [5.74, 6) is -0.144. The highest BCUT2D eigenvalue weighted by molar-refractivity contribution is 6.07. The summed E-state index contributed by atoms with van der Waals surface area (Å²) in [6.07, 6.45) is 4.49. The number of nitrogens with one attached hydrogen (secondary N) is 2. The molecule has 3 amide bonds. The summed E-state index contributed by atoms with van der Waals surface area (Å²) < 4.78 is 0. The molecule has 0 spiro atoms. The van der Waals surface area contributed by atoms with Gasteiger partial charge in [0.15, 0.2) is 0 Å². The number of pyridine rings is 1. The van der Waals surface area contributed by atoms with E-state index in [1.165, 1.54) is 6.20 Å². The van der Waals surface area contributed by atoms with E-state index in [-0.39, 0.29) is 23.1 Å². The van der Waals surface area contributed by atoms with Gasteiger partial charge in [0.25, 0.3) is 11.8 Å². The van der Waals surface area contributed by atoms with Crippen LogP contribution in [-0.4, -0.2) is 84.9 Å². The van der Waals surface area contributed by atoms with E-state index in [9.17, 15) is 14.4 Å². The van der Waals surface area contributed by atoms with E-state index in [0.717, 1.165) is 31.7 Å². The molecule has 0 bridgehead atoms. The van der Waals surface area contributed by atoms with Gasteiger partial charge in [-0.1, -0.05) is 20.8 Å². The van der Waals surface area contributed by atoms with Gasteiger partial charge in [-0.2, -0.15) is 0 Å². The molecule has 2 fully saturated rings. The van der Waals surface area contributed by atoms with Crippen LogP contribution in [-0.2, 0) is 4.79 Å². The predicted molar refractivity (Wildman–Crippen MR) is 145 cm³/mol. The molecule has 0 aliphatic carbocycles. The lowest BCUT2D eigenvalue weighted by atomic mass is 9.91. The lowest BCUT2D eigenvalue weighted by Gasteiger charge is -2.29. The normalized spacial score (nSPS) is 16.8.